The number of hydrogen-bond acceptors (Lipinski definition) is 4. The van der Waals surface area contributed by atoms with E-state index in [9.17, 15) is 4.79 Å². The van der Waals surface area contributed by atoms with Gasteiger partial charge in [0, 0.05) is 5.56 Å². The van der Waals surface area contributed by atoms with Gasteiger partial charge in [0.05, 0.1) is 6.04 Å². The largest absolute Gasteiger partial charge is 0.347 e. The predicted octanol–water partition coefficient (Wildman–Crippen LogP) is 3.44. The zero-order valence-electron chi connectivity index (χ0n) is 15.8. The SMILES string of the molecule is O=C(Cn1nnc(-c2ccccc2)n1)N[C@H](Cc1ccccc1)c1ccccc1. The first kappa shape index (κ1) is 18.6. The number of rotatable bonds is 7. The molecule has 1 aromatic heterocycles. The second kappa shape index (κ2) is 8.93. The molecule has 0 spiro atoms. The van der Waals surface area contributed by atoms with Crippen molar-refractivity contribution in [1.82, 2.24) is 25.5 Å². The molecular formula is C23H21N5O. The van der Waals surface area contributed by atoms with E-state index in [1.54, 1.807) is 0 Å². The highest BCUT2D eigenvalue weighted by atomic mass is 16.2. The van der Waals surface area contributed by atoms with Gasteiger partial charge in [0.15, 0.2) is 0 Å². The van der Waals surface area contributed by atoms with Crippen LogP contribution in [0.4, 0.5) is 0 Å². The summed E-state index contributed by atoms with van der Waals surface area (Å²) in [5.41, 5.74) is 3.08. The van der Waals surface area contributed by atoms with Crippen molar-refractivity contribution in [3.63, 3.8) is 0 Å². The maximum Gasteiger partial charge on any atom is 0.244 e. The van der Waals surface area contributed by atoms with Crippen molar-refractivity contribution in [2.45, 2.75) is 19.0 Å². The van der Waals surface area contributed by atoms with Crippen molar-refractivity contribution in [2.75, 3.05) is 0 Å². The number of amides is 1. The van der Waals surface area contributed by atoms with Gasteiger partial charge in [0.2, 0.25) is 11.7 Å². The fraction of sp³-hybridized carbons (Fsp3) is 0.130. The van der Waals surface area contributed by atoms with Crippen LogP contribution in [0.2, 0.25) is 0 Å². The third-order valence-corrected chi connectivity index (χ3v) is 4.59. The molecule has 4 rings (SSSR count). The maximum atomic E-state index is 12.7. The van der Waals surface area contributed by atoms with E-state index in [0.29, 0.717) is 12.2 Å². The Labute approximate surface area is 169 Å². The van der Waals surface area contributed by atoms with Crippen LogP contribution in [0.1, 0.15) is 17.2 Å². The second-order valence-corrected chi connectivity index (χ2v) is 6.73. The van der Waals surface area contributed by atoms with E-state index in [2.05, 4.69) is 32.9 Å². The summed E-state index contributed by atoms with van der Waals surface area (Å²) in [7, 11) is 0. The van der Waals surface area contributed by atoms with Crippen LogP contribution >= 0.6 is 0 Å². The van der Waals surface area contributed by atoms with Crippen LogP contribution in [-0.2, 0) is 17.8 Å². The van der Waals surface area contributed by atoms with Gasteiger partial charge in [-0.1, -0.05) is 91.0 Å². The van der Waals surface area contributed by atoms with Crippen LogP contribution in [0.3, 0.4) is 0 Å². The summed E-state index contributed by atoms with van der Waals surface area (Å²) in [6.07, 6.45) is 0.705. The summed E-state index contributed by atoms with van der Waals surface area (Å²) in [6.45, 7) is 0.0119. The van der Waals surface area contributed by atoms with E-state index in [0.717, 1.165) is 16.7 Å². The number of carbonyl (C=O) groups is 1. The molecule has 1 atom stereocenters. The number of benzene rings is 3. The van der Waals surface area contributed by atoms with Crippen molar-refractivity contribution in [3.8, 4) is 11.4 Å². The maximum absolute atomic E-state index is 12.7. The average Bonchev–Trinajstić information content (AvgIpc) is 3.24. The second-order valence-electron chi connectivity index (χ2n) is 6.73. The average molecular weight is 383 g/mol. The fourth-order valence-corrected chi connectivity index (χ4v) is 3.17. The van der Waals surface area contributed by atoms with Crippen LogP contribution in [0.5, 0.6) is 0 Å². The number of nitrogens with one attached hydrogen (secondary N) is 1. The zero-order chi connectivity index (χ0) is 19.9. The number of carbonyl (C=O) groups excluding carboxylic acids is 1. The predicted molar refractivity (Wildman–Crippen MR) is 111 cm³/mol. The van der Waals surface area contributed by atoms with Gasteiger partial charge in [-0.3, -0.25) is 4.79 Å². The van der Waals surface area contributed by atoms with E-state index in [1.807, 2.05) is 78.9 Å². The van der Waals surface area contributed by atoms with Gasteiger partial charge < -0.3 is 5.32 Å². The Morgan fingerprint density at radius 3 is 2.17 bits per heavy atom. The molecule has 0 saturated carbocycles. The number of hydrogen-bond donors (Lipinski definition) is 1. The number of nitrogens with zero attached hydrogens (tertiary/aromatic N) is 4. The lowest BCUT2D eigenvalue weighted by Crippen LogP contribution is -2.33. The van der Waals surface area contributed by atoms with Crippen molar-refractivity contribution < 1.29 is 4.79 Å². The molecule has 0 aliphatic rings. The molecule has 0 saturated heterocycles. The van der Waals surface area contributed by atoms with E-state index in [-0.39, 0.29) is 18.5 Å². The molecule has 0 fully saturated rings. The van der Waals surface area contributed by atoms with E-state index < -0.39 is 0 Å². The highest BCUT2D eigenvalue weighted by Gasteiger charge is 2.16. The van der Waals surface area contributed by atoms with Gasteiger partial charge in [-0.25, -0.2) is 0 Å². The summed E-state index contributed by atoms with van der Waals surface area (Å²) in [4.78, 5) is 14.0. The van der Waals surface area contributed by atoms with Crippen LogP contribution < -0.4 is 5.32 Å². The number of aromatic nitrogens is 4. The smallest absolute Gasteiger partial charge is 0.244 e. The molecule has 0 aliphatic heterocycles. The Bertz CT molecular complexity index is 1050. The molecule has 6 nitrogen and oxygen atoms in total. The van der Waals surface area contributed by atoms with Gasteiger partial charge in [-0.15, -0.1) is 10.2 Å². The van der Waals surface area contributed by atoms with Crippen molar-refractivity contribution in [1.29, 1.82) is 0 Å². The summed E-state index contributed by atoms with van der Waals surface area (Å²) in [6, 6.07) is 29.5. The highest BCUT2D eigenvalue weighted by molar-refractivity contribution is 5.76. The molecule has 1 N–H and O–H groups in total. The zero-order valence-corrected chi connectivity index (χ0v) is 15.8. The molecule has 29 heavy (non-hydrogen) atoms. The van der Waals surface area contributed by atoms with Crippen molar-refractivity contribution >= 4 is 5.91 Å². The van der Waals surface area contributed by atoms with E-state index >= 15 is 0 Å². The Balaban J connectivity index is 1.46. The van der Waals surface area contributed by atoms with Crippen LogP contribution in [0.15, 0.2) is 91.0 Å². The van der Waals surface area contributed by atoms with Gasteiger partial charge in [-0.05, 0) is 22.8 Å². The number of tetrazole rings is 1. The van der Waals surface area contributed by atoms with Gasteiger partial charge in [0.25, 0.3) is 0 Å². The highest BCUT2D eigenvalue weighted by Crippen LogP contribution is 2.18. The first-order chi connectivity index (χ1) is 14.3. The Kier molecular flexibility index (Phi) is 5.71. The topological polar surface area (TPSA) is 72.7 Å². The lowest BCUT2D eigenvalue weighted by molar-refractivity contribution is -0.122. The van der Waals surface area contributed by atoms with Crippen LogP contribution in [-0.4, -0.2) is 26.1 Å². The van der Waals surface area contributed by atoms with Gasteiger partial charge >= 0.3 is 0 Å². The molecule has 3 aromatic carbocycles. The van der Waals surface area contributed by atoms with E-state index in [1.165, 1.54) is 4.80 Å². The standard InChI is InChI=1S/C23H21N5O/c29-22(17-28-26-23(25-27-28)20-14-8-3-9-15-20)24-21(19-12-6-2-7-13-19)16-18-10-4-1-5-11-18/h1-15,21H,16-17H2,(H,24,29)/t21-/m1/s1. The third kappa shape index (κ3) is 4.93. The fourth-order valence-electron chi connectivity index (χ4n) is 3.17. The minimum Gasteiger partial charge on any atom is -0.347 e. The van der Waals surface area contributed by atoms with Gasteiger partial charge in [-0.2, -0.15) is 4.80 Å². The third-order valence-electron chi connectivity index (χ3n) is 4.59. The molecule has 144 valence electrons. The Hall–Kier alpha value is -3.80. The normalized spacial score (nSPS) is 11.7. The molecule has 1 heterocycles. The summed E-state index contributed by atoms with van der Waals surface area (Å²) in [5, 5.41) is 15.5. The van der Waals surface area contributed by atoms with Crippen LogP contribution in [0, 0.1) is 0 Å². The molecule has 6 heteroatoms. The molecular weight excluding hydrogens is 362 g/mol. The van der Waals surface area contributed by atoms with Crippen LogP contribution in [0.25, 0.3) is 11.4 Å². The molecule has 0 bridgehead atoms. The van der Waals surface area contributed by atoms with E-state index in [4.69, 9.17) is 0 Å². The summed E-state index contributed by atoms with van der Waals surface area (Å²) >= 11 is 0. The van der Waals surface area contributed by atoms with Gasteiger partial charge in [0.1, 0.15) is 6.54 Å². The molecule has 0 radical (unpaired) electrons. The lowest BCUT2D eigenvalue weighted by Gasteiger charge is -2.19. The Morgan fingerprint density at radius 1 is 0.862 bits per heavy atom. The quantitative estimate of drug-likeness (QED) is 0.531. The Morgan fingerprint density at radius 2 is 1.48 bits per heavy atom. The first-order valence-corrected chi connectivity index (χ1v) is 9.49. The minimum absolute atomic E-state index is 0.0119. The van der Waals surface area contributed by atoms with Crippen molar-refractivity contribution in [2.24, 2.45) is 0 Å². The first-order valence-electron chi connectivity index (χ1n) is 9.49. The monoisotopic (exact) mass is 383 g/mol. The minimum atomic E-state index is -0.160. The van der Waals surface area contributed by atoms with Crippen molar-refractivity contribution in [3.05, 3.63) is 102 Å². The lowest BCUT2D eigenvalue weighted by atomic mass is 9.99. The molecule has 4 aromatic rings. The molecule has 0 unspecified atom stereocenters. The molecule has 1 amide bonds. The molecule has 0 aliphatic carbocycles. The summed E-state index contributed by atoms with van der Waals surface area (Å²) < 4.78 is 0. The summed E-state index contributed by atoms with van der Waals surface area (Å²) in [5.74, 6) is 0.342.